The molecule has 0 unspecified atom stereocenters. The zero-order valence-corrected chi connectivity index (χ0v) is 13.5. The first-order chi connectivity index (χ1) is 10.4. The second kappa shape index (κ2) is 12.6. The molecule has 0 amide bonds. The number of ether oxygens (including phenoxy) is 1. The fraction of sp³-hybridized carbons (Fsp3) is 0.632. The largest absolute Gasteiger partial charge is 0.377 e. The zero-order chi connectivity index (χ0) is 15.2. The van der Waals surface area contributed by atoms with Gasteiger partial charge in [0.25, 0.3) is 0 Å². The van der Waals surface area contributed by atoms with Crippen LogP contribution in [-0.2, 0) is 11.3 Å². The molecule has 0 aliphatic carbocycles. The molecule has 0 aliphatic heterocycles. The van der Waals surface area contributed by atoms with E-state index in [1.165, 1.54) is 51.4 Å². The molecule has 0 aliphatic rings. The van der Waals surface area contributed by atoms with Gasteiger partial charge < -0.3 is 4.74 Å². The van der Waals surface area contributed by atoms with Gasteiger partial charge in [-0.25, -0.2) is 0 Å². The summed E-state index contributed by atoms with van der Waals surface area (Å²) in [5.41, 5.74) is 1.86. The molecule has 0 saturated heterocycles. The van der Waals surface area contributed by atoms with Crippen LogP contribution in [0.2, 0.25) is 0 Å². The highest BCUT2D eigenvalue weighted by Crippen LogP contribution is 2.10. The molecule has 2 nitrogen and oxygen atoms in total. The quantitative estimate of drug-likeness (QED) is 0.352. The minimum atomic E-state index is 0.649. The van der Waals surface area contributed by atoms with Gasteiger partial charge in [0, 0.05) is 12.2 Å². The van der Waals surface area contributed by atoms with E-state index in [0.717, 1.165) is 30.4 Å². The lowest BCUT2D eigenvalue weighted by Gasteiger charge is -2.05. The average molecular weight is 290 g/mol. The van der Waals surface area contributed by atoms with Crippen LogP contribution in [0.3, 0.4) is 0 Å². The summed E-state index contributed by atoms with van der Waals surface area (Å²) in [5, 5.41) is 0. The summed E-state index contributed by atoms with van der Waals surface area (Å²) in [7, 11) is 0. The summed E-state index contributed by atoms with van der Waals surface area (Å²) in [6.45, 7) is 3.75. The topological polar surface area (TPSA) is 26.3 Å². The first-order valence-electron chi connectivity index (χ1n) is 8.48. The van der Waals surface area contributed by atoms with Crippen LogP contribution >= 0.6 is 0 Å². The maximum Gasteiger partial charge on any atom is 0.150 e. The van der Waals surface area contributed by atoms with Gasteiger partial charge in [-0.2, -0.15) is 0 Å². The van der Waals surface area contributed by atoms with Crippen molar-refractivity contribution in [1.82, 2.24) is 0 Å². The fourth-order valence-corrected chi connectivity index (χ4v) is 2.40. The molecule has 0 saturated carbocycles. The van der Waals surface area contributed by atoms with E-state index in [9.17, 15) is 4.79 Å². The molecule has 2 heteroatoms. The van der Waals surface area contributed by atoms with Crippen LogP contribution in [0.1, 0.15) is 80.6 Å². The second-order valence-corrected chi connectivity index (χ2v) is 5.74. The van der Waals surface area contributed by atoms with Crippen molar-refractivity contribution < 1.29 is 9.53 Å². The molecule has 0 fully saturated rings. The van der Waals surface area contributed by atoms with Gasteiger partial charge in [-0.05, 0) is 12.0 Å². The van der Waals surface area contributed by atoms with Crippen LogP contribution in [0.25, 0.3) is 0 Å². The molecule has 118 valence electrons. The Kier molecular flexibility index (Phi) is 10.7. The number of benzene rings is 1. The molecule has 0 radical (unpaired) electrons. The molecular weight excluding hydrogens is 260 g/mol. The van der Waals surface area contributed by atoms with Crippen molar-refractivity contribution in [1.29, 1.82) is 0 Å². The highest BCUT2D eigenvalue weighted by molar-refractivity contribution is 5.74. The van der Waals surface area contributed by atoms with E-state index >= 15 is 0 Å². The van der Waals surface area contributed by atoms with Crippen LogP contribution < -0.4 is 0 Å². The van der Waals surface area contributed by atoms with E-state index in [1.807, 2.05) is 24.3 Å². The number of rotatable bonds is 13. The summed E-state index contributed by atoms with van der Waals surface area (Å²) < 4.78 is 5.66. The Morgan fingerprint density at radius 3 is 2.00 bits per heavy atom. The Morgan fingerprint density at radius 2 is 1.43 bits per heavy atom. The molecule has 1 rings (SSSR count). The van der Waals surface area contributed by atoms with Crippen LogP contribution in [0.5, 0.6) is 0 Å². The molecule has 0 aromatic heterocycles. The van der Waals surface area contributed by atoms with Gasteiger partial charge in [0.15, 0.2) is 0 Å². The molecule has 0 heterocycles. The van der Waals surface area contributed by atoms with E-state index in [-0.39, 0.29) is 0 Å². The molecule has 0 bridgehead atoms. The Morgan fingerprint density at radius 1 is 0.857 bits per heavy atom. The maximum absolute atomic E-state index is 10.5. The Labute approximate surface area is 129 Å². The van der Waals surface area contributed by atoms with Crippen molar-refractivity contribution in [2.45, 2.75) is 71.3 Å². The van der Waals surface area contributed by atoms with E-state index in [2.05, 4.69) is 6.92 Å². The van der Waals surface area contributed by atoms with Crippen LogP contribution in [0.15, 0.2) is 24.3 Å². The van der Waals surface area contributed by atoms with Gasteiger partial charge in [-0.3, -0.25) is 4.79 Å². The van der Waals surface area contributed by atoms with Crippen molar-refractivity contribution in [3.05, 3.63) is 35.4 Å². The fourth-order valence-electron chi connectivity index (χ4n) is 2.40. The van der Waals surface area contributed by atoms with Gasteiger partial charge in [0.1, 0.15) is 6.29 Å². The maximum atomic E-state index is 10.5. The lowest BCUT2D eigenvalue weighted by Crippen LogP contribution is -1.96. The summed E-state index contributed by atoms with van der Waals surface area (Å²) in [5.74, 6) is 0. The SMILES string of the molecule is CCCCCCCCCCCOCc1ccc(C=O)cc1. The second-order valence-electron chi connectivity index (χ2n) is 5.74. The number of hydrogen-bond acceptors (Lipinski definition) is 2. The standard InChI is InChI=1S/C19H30O2/c1-2-3-4-5-6-7-8-9-10-15-21-17-19-13-11-18(16-20)12-14-19/h11-14,16H,2-10,15,17H2,1H3. The number of aldehydes is 1. The minimum Gasteiger partial charge on any atom is -0.377 e. The highest BCUT2D eigenvalue weighted by Gasteiger charge is 1.95. The molecule has 0 atom stereocenters. The van der Waals surface area contributed by atoms with Gasteiger partial charge >= 0.3 is 0 Å². The number of unbranched alkanes of at least 4 members (excludes halogenated alkanes) is 8. The average Bonchev–Trinajstić information content (AvgIpc) is 2.53. The van der Waals surface area contributed by atoms with Gasteiger partial charge in [0.2, 0.25) is 0 Å². The number of carbonyl (C=O) groups is 1. The summed E-state index contributed by atoms with van der Waals surface area (Å²) >= 11 is 0. The van der Waals surface area contributed by atoms with Crippen molar-refractivity contribution >= 4 is 6.29 Å². The van der Waals surface area contributed by atoms with E-state index in [4.69, 9.17) is 4.74 Å². The van der Waals surface area contributed by atoms with Gasteiger partial charge in [0.05, 0.1) is 6.61 Å². The zero-order valence-electron chi connectivity index (χ0n) is 13.5. The molecule has 0 N–H and O–H groups in total. The third kappa shape index (κ3) is 9.41. The third-order valence-corrected chi connectivity index (χ3v) is 3.78. The van der Waals surface area contributed by atoms with Gasteiger partial charge in [-0.15, -0.1) is 0 Å². The number of carbonyl (C=O) groups excluding carboxylic acids is 1. The summed E-state index contributed by atoms with van der Waals surface area (Å²) in [6.07, 6.45) is 12.9. The first kappa shape index (κ1) is 17.9. The van der Waals surface area contributed by atoms with Crippen LogP contribution in [-0.4, -0.2) is 12.9 Å². The predicted molar refractivity (Wildman–Crippen MR) is 88.7 cm³/mol. The van der Waals surface area contributed by atoms with Gasteiger partial charge in [-0.1, -0.05) is 82.6 Å². The molecular formula is C19H30O2. The van der Waals surface area contributed by atoms with Crippen LogP contribution in [0, 0.1) is 0 Å². The molecule has 1 aromatic carbocycles. The van der Waals surface area contributed by atoms with Crippen molar-refractivity contribution in [3.8, 4) is 0 Å². The van der Waals surface area contributed by atoms with Crippen LogP contribution in [0.4, 0.5) is 0 Å². The first-order valence-corrected chi connectivity index (χ1v) is 8.48. The lowest BCUT2D eigenvalue weighted by atomic mass is 10.1. The predicted octanol–water partition coefficient (Wildman–Crippen LogP) is 5.55. The normalized spacial score (nSPS) is 10.7. The molecule has 0 spiro atoms. The van der Waals surface area contributed by atoms with Crippen molar-refractivity contribution in [3.63, 3.8) is 0 Å². The third-order valence-electron chi connectivity index (χ3n) is 3.78. The van der Waals surface area contributed by atoms with E-state index < -0.39 is 0 Å². The summed E-state index contributed by atoms with van der Waals surface area (Å²) in [6, 6.07) is 7.59. The van der Waals surface area contributed by atoms with Crippen molar-refractivity contribution in [2.75, 3.05) is 6.61 Å². The Bertz CT molecular complexity index is 356. The highest BCUT2D eigenvalue weighted by atomic mass is 16.5. The summed E-state index contributed by atoms with van der Waals surface area (Å²) in [4.78, 5) is 10.5. The minimum absolute atomic E-state index is 0.649. The van der Waals surface area contributed by atoms with E-state index in [1.54, 1.807) is 0 Å². The number of hydrogen-bond donors (Lipinski definition) is 0. The smallest absolute Gasteiger partial charge is 0.150 e. The lowest BCUT2D eigenvalue weighted by molar-refractivity contribution is 0.112. The van der Waals surface area contributed by atoms with Crippen molar-refractivity contribution in [2.24, 2.45) is 0 Å². The molecule has 21 heavy (non-hydrogen) atoms. The monoisotopic (exact) mass is 290 g/mol. The van der Waals surface area contributed by atoms with E-state index in [0.29, 0.717) is 6.61 Å². The molecule has 1 aromatic rings. The Hall–Kier alpha value is -1.15. The Balaban J connectivity index is 1.89.